The molecule has 0 unspecified atom stereocenters. The minimum absolute atomic E-state index is 0.749. The molecule has 2 aromatic heterocycles. The van der Waals surface area contributed by atoms with Crippen LogP contribution >= 0.6 is 0 Å². The van der Waals surface area contributed by atoms with Gasteiger partial charge in [-0.3, -0.25) is 4.90 Å². The molecule has 1 N–H and O–H groups in total. The normalized spacial score (nSPS) is 11.4. The molecule has 0 aliphatic heterocycles. The molecule has 6 heteroatoms. The monoisotopic (exact) mass is 339 g/mol. The van der Waals surface area contributed by atoms with Gasteiger partial charge in [0.2, 0.25) is 0 Å². The Bertz CT molecular complexity index is 825. The number of fused-ring (bicyclic) bond motifs is 1. The number of hydrogen-bond donors (Lipinski definition) is 1. The molecule has 0 atom stereocenters. The van der Waals surface area contributed by atoms with E-state index in [0.717, 1.165) is 47.8 Å². The summed E-state index contributed by atoms with van der Waals surface area (Å²) in [5, 5.41) is 1.03. The summed E-state index contributed by atoms with van der Waals surface area (Å²) in [5.74, 6) is 0.920. The second-order valence-electron chi connectivity index (χ2n) is 6.46. The number of H-pyrrole nitrogens is 1. The summed E-state index contributed by atoms with van der Waals surface area (Å²) in [5.41, 5.74) is 4.34. The highest BCUT2D eigenvalue weighted by molar-refractivity contribution is 5.91. The second kappa shape index (κ2) is 7.63. The van der Waals surface area contributed by atoms with Crippen LogP contribution in [0.25, 0.3) is 22.3 Å². The molecule has 0 amide bonds. The van der Waals surface area contributed by atoms with Gasteiger partial charge in [-0.25, -0.2) is 9.97 Å². The third-order valence-corrected chi connectivity index (χ3v) is 4.22. The van der Waals surface area contributed by atoms with E-state index in [0.29, 0.717) is 0 Å². The number of hydrogen-bond acceptors (Lipinski definition) is 5. The summed E-state index contributed by atoms with van der Waals surface area (Å²) in [4.78, 5) is 16.3. The van der Waals surface area contributed by atoms with Crippen molar-refractivity contribution >= 4 is 16.9 Å². The van der Waals surface area contributed by atoms with E-state index in [1.54, 1.807) is 13.4 Å². The van der Waals surface area contributed by atoms with Gasteiger partial charge in [0.05, 0.1) is 12.0 Å². The molecule has 0 saturated heterocycles. The molecule has 0 bridgehead atoms. The van der Waals surface area contributed by atoms with Crippen molar-refractivity contribution in [3.05, 3.63) is 42.2 Å². The average molecular weight is 339 g/mol. The fraction of sp³-hybridized carbons (Fsp3) is 0.368. The predicted molar refractivity (Wildman–Crippen MR) is 102 cm³/mol. The summed E-state index contributed by atoms with van der Waals surface area (Å²) in [6, 6.07) is 10.7. The number of ether oxygens (including phenoxy) is 1. The Balaban J connectivity index is 1.80. The van der Waals surface area contributed by atoms with Crippen molar-refractivity contribution in [1.29, 1.82) is 0 Å². The average Bonchev–Trinajstić information content (AvgIpc) is 3.04. The smallest absolute Gasteiger partial charge is 0.143 e. The second-order valence-corrected chi connectivity index (χ2v) is 6.46. The lowest BCUT2D eigenvalue weighted by Gasteiger charge is -2.16. The molecule has 2 heterocycles. The van der Waals surface area contributed by atoms with Crippen molar-refractivity contribution in [2.75, 3.05) is 46.3 Å². The quantitative estimate of drug-likeness (QED) is 0.717. The van der Waals surface area contributed by atoms with Crippen LogP contribution < -0.4 is 4.90 Å². The third kappa shape index (κ3) is 3.97. The van der Waals surface area contributed by atoms with Gasteiger partial charge in [-0.2, -0.15) is 0 Å². The highest BCUT2D eigenvalue weighted by atomic mass is 16.5. The molecule has 0 spiro atoms. The number of nitrogens with one attached hydrogen (secondary N) is 1. The van der Waals surface area contributed by atoms with Gasteiger partial charge in [-0.05, 0) is 24.2 Å². The lowest BCUT2D eigenvalue weighted by Crippen LogP contribution is -2.22. The zero-order valence-electron chi connectivity index (χ0n) is 15.3. The van der Waals surface area contributed by atoms with Crippen LogP contribution in [0.5, 0.6) is 0 Å². The molecule has 132 valence electrons. The van der Waals surface area contributed by atoms with Crippen molar-refractivity contribution in [2.45, 2.75) is 6.54 Å². The topological polar surface area (TPSA) is 57.3 Å². The number of likely N-dealkylation sites (N-methyl/N-ethyl adjacent to an activating group) is 1. The Morgan fingerprint density at radius 2 is 1.84 bits per heavy atom. The van der Waals surface area contributed by atoms with Gasteiger partial charge in [-0.15, -0.1) is 0 Å². The van der Waals surface area contributed by atoms with E-state index in [-0.39, 0.29) is 0 Å². The number of rotatable bonds is 7. The number of aromatic nitrogens is 3. The van der Waals surface area contributed by atoms with E-state index in [1.807, 2.05) is 19.0 Å². The van der Waals surface area contributed by atoms with Crippen LogP contribution in [0.3, 0.4) is 0 Å². The molecule has 0 saturated carbocycles. The zero-order chi connectivity index (χ0) is 17.8. The van der Waals surface area contributed by atoms with Crippen molar-refractivity contribution in [2.24, 2.45) is 0 Å². The lowest BCUT2D eigenvalue weighted by molar-refractivity contribution is 0.158. The molecule has 3 aromatic rings. The van der Waals surface area contributed by atoms with E-state index < -0.39 is 0 Å². The van der Waals surface area contributed by atoms with Gasteiger partial charge in [-0.1, -0.05) is 24.3 Å². The summed E-state index contributed by atoms with van der Waals surface area (Å²) in [6.07, 6.45) is 1.59. The number of aromatic amines is 1. The van der Waals surface area contributed by atoms with E-state index >= 15 is 0 Å². The van der Waals surface area contributed by atoms with Crippen LogP contribution in [0, 0.1) is 0 Å². The summed E-state index contributed by atoms with van der Waals surface area (Å²) >= 11 is 0. The fourth-order valence-corrected chi connectivity index (χ4v) is 2.87. The van der Waals surface area contributed by atoms with Crippen LogP contribution in [-0.2, 0) is 11.3 Å². The molecular formula is C19H25N5O. The molecule has 3 rings (SSSR count). The van der Waals surface area contributed by atoms with Gasteiger partial charge in [0.25, 0.3) is 0 Å². The molecule has 0 fully saturated rings. The molecular weight excluding hydrogens is 314 g/mol. The van der Waals surface area contributed by atoms with Crippen LogP contribution in [0.2, 0.25) is 0 Å². The van der Waals surface area contributed by atoms with Gasteiger partial charge in [0.15, 0.2) is 0 Å². The van der Waals surface area contributed by atoms with Gasteiger partial charge in [0, 0.05) is 40.0 Å². The molecule has 0 aliphatic carbocycles. The first-order valence-corrected chi connectivity index (χ1v) is 8.36. The maximum Gasteiger partial charge on any atom is 0.143 e. The van der Waals surface area contributed by atoms with Crippen molar-refractivity contribution in [3.8, 4) is 11.3 Å². The maximum atomic E-state index is 5.12. The summed E-state index contributed by atoms with van der Waals surface area (Å²) in [6.45, 7) is 2.58. The molecule has 6 nitrogen and oxygen atoms in total. The maximum absolute atomic E-state index is 5.12. The molecule has 0 radical (unpaired) electrons. The van der Waals surface area contributed by atoms with Gasteiger partial charge < -0.3 is 14.6 Å². The highest BCUT2D eigenvalue weighted by Crippen LogP contribution is 2.28. The van der Waals surface area contributed by atoms with Crippen LogP contribution in [0.15, 0.2) is 36.7 Å². The Hall–Kier alpha value is -2.44. The predicted octanol–water partition coefficient (Wildman–Crippen LogP) is 2.77. The largest absolute Gasteiger partial charge is 0.383 e. The standard InChI is InChI=1S/C19H25N5O/c1-23(2)19-16-11-17(22-18(16)20-13-21-19)15-7-5-14(6-8-15)12-24(3)9-10-25-4/h5-8,11,13H,9-10,12H2,1-4H3,(H,20,21,22). The number of benzene rings is 1. The van der Waals surface area contributed by atoms with Crippen molar-refractivity contribution in [1.82, 2.24) is 19.9 Å². The lowest BCUT2D eigenvalue weighted by atomic mass is 10.1. The van der Waals surface area contributed by atoms with E-state index in [1.165, 1.54) is 5.56 Å². The minimum atomic E-state index is 0.749. The van der Waals surface area contributed by atoms with Crippen LogP contribution in [0.4, 0.5) is 5.82 Å². The van der Waals surface area contributed by atoms with Gasteiger partial charge in [0.1, 0.15) is 17.8 Å². The number of nitrogens with zero attached hydrogens (tertiary/aromatic N) is 4. The Kier molecular flexibility index (Phi) is 5.31. The Morgan fingerprint density at radius 3 is 2.52 bits per heavy atom. The minimum Gasteiger partial charge on any atom is -0.383 e. The van der Waals surface area contributed by atoms with Crippen LogP contribution in [0.1, 0.15) is 5.56 Å². The van der Waals surface area contributed by atoms with Gasteiger partial charge >= 0.3 is 0 Å². The first kappa shape index (κ1) is 17.4. The summed E-state index contributed by atoms with van der Waals surface area (Å²) in [7, 11) is 7.81. The third-order valence-electron chi connectivity index (χ3n) is 4.22. The fourth-order valence-electron chi connectivity index (χ4n) is 2.87. The molecule has 0 aliphatic rings. The van der Waals surface area contributed by atoms with E-state index in [2.05, 4.69) is 57.2 Å². The number of anilines is 1. The Labute approximate surface area is 148 Å². The van der Waals surface area contributed by atoms with E-state index in [4.69, 9.17) is 4.74 Å². The molecule has 25 heavy (non-hydrogen) atoms. The number of methoxy groups -OCH3 is 1. The SMILES string of the molecule is COCCN(C)Cc1ccc(-c2cc3c(N(C)C)ncnc3[nH]2)cc1. The Morgan fingerprint density at radius 1 is 1.08 bits per heavy atom. The van der Waals surface area contributed by atoms with Crippen LogP contribution in [-0.4, -0.2) is 61.3 Å². The van der Waals surface area contributed by atoms with Crippen molar-refractivity contribution in [3.63, 3.8) is 0 Å². The first-order chi connectivity index (χ1) is 12.1. The highest BCUT2D eigenvalue weighted by Gasteiger charge is 2.10. The zero-order valence-corrected chi connectivity index (χ0v) is 15.3. The first-order valence-electron chi connectivity index (χ1n) is 8.36. The van der Waals surface area contributed by atoms with Crippen molar-refractivity contribution < 1.29 is 4.74 Å². The summed E-state index contributed by atoms with van der Waals surface area (Å²) < 4.78 is 5.12. The molecule has 1 aromatic carbocycles. The van der Waals surface area contributed by atoms with E-state index in [9.17, 15) is 0 Å².